The van der Waals surface area contributed by atoms with Crippen LogP contribution in [0.25, 0.3) is 22.4 Å². The van der Waals surface area contributed by atoms with Crippen molar-refractivity contribution in [3.63, 3.8) is 0 Å². The van der Waals surface area contributed by atoms with Gasteiger partial charge in [0.05, 0.1) is 19.0 Å². The third kappa shape index (κ3) is 4.31. The molecule has 0 aliphatic heterocycles. The van der Waals surface area contributed by atoms with Crippen LogP contribution in [0.4, 0.5) is 5.82 Å². The van der Waals surface area contributed by atoms with Gasteiger partial charge in [0, 0.05) is 12.1 Å². The van der Waals surface area contributed by atoms with E-state index in [0.717, 1.165) is 22.6 Å². The fourth-order valence-corrected chi connectivity index (χ4v) is 2.44. The number of fused-ring (bicyclic) bond motifs is 1. The first-order valence-electron chi connectivity index (χ1n) is 8.02. The first kappa shape index (κ1) is 17.8. The van der Waals surface area contributed by atoms with Gasteiger partial charge in [-0.1, -0.05) is 12.2 Å². The van der Waals surface area contributed by atoms with E-state index in [1.54, 1.807) is 13.3 Å². The number of anilines is 1. The number of nitrogens with zero attached hydrogens (tertiary/aromatic N) is 3. The zero-order valence-corrected chi connectivity index (χ0v) is 15.4. The Labute approximate surface area is 157 Å². The molecule has 0 unspecified atom stereocenters. The fraction of sp³-hybridized carbons (Fsp3) is 0.158. The maximum Gasteiger partial charge on any atom is 0.180 e. The summed E-state index contributed by atoms with van der Waals surface area (Å²) in [6.45, 7) is 6.38. The van der Waals surface area contributed by atoms with Crippen LogP contribution in [-0.4, -0.2) is 33.7 Å². The van der Waals surface area contributed by atoms with E-state index in [2.05, 4.69) is 32.2 Å². The second-order valence-corrected chi connectivity index (χ2v) is 6.20. The number of rotatable bonds is 5. The molecular weight excluding hydrogens is 346 g/mol. The van der Waals surface area contributed by atoms with Gasteiger partial charge in [0.1, 0.15) is 17.1 Å². The van der Waals surface area contributed by atoms with E-state index < -0.39 is 0 Å². The lowest BCUT2D eigenvalue weighted by molar-refractivity contribution is 0.415. The minimum atomic E-state index is 0.485. The van der Waals surface area contributed by atoms with Crippen LogP contribution in [-0.2, 0) is 0 Å². The molecule has 0 aliphatic rings. The van der Waals surface area contributed by atoms with Crippen LogP contribution in [0.1, 0.15) is 6.92 Å². The Hall–Kier alpha value is -3.06. The third-order valence-electron chi connectivity index (χ3n) is 3.58. The SMILES string of the molecule is C=C(C)CNC(=S)Nc1ccc2ncc(-c3ccc(OC)cc3)nc2n1. The van der Waals surface area contributed by atoms with Crippen molar-refractivity contribution in [2.75, 3.05) is 19.0 Å². The number of ether oxygens (including phenoxy) is 1. The maximum absolute atomic E-state index is 5.25. The van der Waals surface area contributed by atoms with Crippen molar-refractivity contribution in [2.24, 2.45) is 0 Å². The Balaban J connectivity index is 1.83. The summed E-state index contributed by atoms with van der Waals surface area (Å²) in [5, 5.41) is 6.59. The summed E-state index contributed by atoms with van der Waals surface area (Å²) in [6.07, 6.45) is 1.73. The summed E-state index contributed by atoms with van der Waals surface area (Å²) in [4.78, 5) is 13.5. The van der Waals surface area contributed by atoms with Crippen LogP contribution in [0.2, 0.25) is 0 Å². The van der Waals surface area contributed by atoms with Crippen molar-refractivity contribution in [1.82, 2.24) is 20.3 Å². The molecule has 7 heteroatoms. The van der Waals surface area contributed by atoms with E-state index in [0.29, 0.717) is 28.6 Å². The van der Waals surface area contributed by atoms with Crippen LogP contribution in [0.5, 0.6) is 5.75 Å². The molecule has 0 fully saturated rings. The van der Waals surface area contributed by atoms with Crippen molar-refractivity contribution in [3.05, 3.63) is 54.7 Å². The Morgan fingerprint density at radius 2 is 1.92 bits per heavy atom. The summed E-state index contributed by atoms with van der Waals surface area (Å²) >= 11 is 5.25. The number of nitrogens with one attached hydrogen (secondary N) is 2. The zero-order valence-electron chi connectivity index (χ0n) is 14.6. The van der Waals surface area contributed by atoms with Gasteiger partial charge in [0.15, 0.2) is 10.8 Å². The number of pyridine rings is 1. The van der Waals surface area contributed by atoms with E-state index >= 15 is 0 Å². The predicted molar refractivity (Wildman–Crippen MR) is 108 cm³/mol. The summed E-state index contributed by atoms with van der Waals surface area (Å²) in [5.41, 5.74) is 3.95. The Kier molecular flexibility index (Phi) is 5.38. The molecule has 0 bridgehead atoms. The lowest BCUT2D eigenvalue weighted by Crippen LogP contribution is -2.29. The molecule has 6 nitrogen and oxygen atoms in total. The third-order valence-corrected chi connectivity index (χ3v) is 3.83. The zero-order chi connectivity index (χ0) is 18.5. The van der Waals surface area contributed by atoms with Gasteiger partial charge in [-0.2, -0.15) is 0 Å². The number of methoxy groups -OCH3 is 1. The van der Waals surface area contributed by atoms with Crippen LogP contribution in [0.3, 0.4) is 0 Å². The van der Waals surface area contributed by atoms with Gasteiger partial charge in [0.25, 0.3) is 0 Å². The average Bonchev–Trinajstić information content (AvgIpc) is 2.66. The molecule has 0 saturated carbocycles. The van der Waals surface area contributed by atoms with Gasteiger partial charge in [0.2, 0.25) is 0 Å². The van der Waals surface area contributed by atoms with Gasteiger partial charge in [-0.3, -0.25) is 4.98 Å². The van der Waals surface area contributed by atoms with Gasteiger partial charge in [-0.25, -0.2) is 9.97 Å². The highest BCUT2D eigenvalue weighted by Gasteiger charge is 2.06. The van der Waals surface area contributed by atoms with Crippen molar-refractivity contribution in [3.8, 4) is 17.0 Å². The monoisotopic (exact) mass is 365 g/mol. The van der Waals surface area contributed by atoms with Gasteiger partial charge in [-0.05, 0) is 55.5 Å². The Bertz CT molecular complexity index is 956. The van der Waals surface area contributed by atoms with Gasteiger partial charge < -0.3 is 15.4 Å². The van der Waals surface area contributed by atoms with Crippen molar-refractivity contribution < 1.29 is 4.74 Å². The molecule has 0 amide bonds. The number of hydrogen-bond donors (Lipinski definition) is 2. The molecule has 132 valence electrons. The molecule has 0 atom stereocenters. The topological polar surface area (TPSA) is 72.0 Å². The second-order valence-electron chi connectivity index (χ2n) is 5.79. The van der Waals surface area contributed by atoms with Crippen LogP contribution in [0, 0.1) is 0 Å². The van der Waals surface area contributed by atoms with Crippen LogP contribution >= 0.6 is 12.2 Å². The number of aromatic nitrogens is 3. The molecule has 0 radical (unpaired) electrons. The lowest BCUT2D eigenvalue weighted by atomic mass is 10.1. The summed E-state index contributed by atoms with van der Waals surface area (Å²) in [7, 11) is 1.64. The van der Waals surface area contributed by atoms with Crippen molar-refractivity contribution >= 4 is 34.3 Å². The smallest absolute Gasteiger partial charge is 0.180 e. The lowest BCUT2D eigenvalue weighted by Gasteiger charge is -2.10. The van der Waals surface area contributed by atoms with E-state index in [-0.39, 0.29) is 0 Å². The molecule has 2 aromatic heterocycles. The predicted octanol–water partition coefficient (Wildman–Crippen LogP) is 3.56. The van der Waals surface area contributed by atoms with E-state index in [1.165, 1.54) is 0 Å². The molecule has 3 aromatic rings. The van der Waals surface area contributed by atoms with E-state index in [9.17, 15) is 0 Å². The first-order valence-corrected chi connectivity index (χ1v) is 8.43. The normalized spacial score (nSPS) is 10.4. The highest BCUT2D eigenvalue weighted by molar-refractivity contribution is 7.80. The molecular formula is C19H19N5OS. The molecule has 0 spiro atoms. The largest absolute Gasteiger partial charge is 0.497 e. The molecule has 3 rings (SSSR count). The van der Waals surface area contributed by atoms with Gasteiger partial charge in [-0.15, -0.1) is 0 Å². The summed E-state index contributed by atoms with van der Waals surface area (Å²) in [5.74, 6) is 1.40. The highest BCUT2D eigenvalue weighted by atomic mass is 32.1. The Morgan fingerprint density at radius 3 is 2.62 bits per heavy atom. The summed E-state index contributed by atoms with van der Waals surface area (Å²) in [6, 6.07) is 11.3. The maximum atomic E-state index is 5.25. The average molecular weight is 365 g/mol. The Morgan fingerprint density at radius 1 is 1.15 bits per heavy atom. The minimum Gasteiger partial charge on any atom is -0.497 e. The van der Waals surface area contributed by atoms with Crippen LogP contribution in [0.15, 0.2) is 54.7 Å². The number of benzene rings is 1. The highest BCUT2D eigenvalue weighted by Crippen LogP contribution is 2.22. The number of thiocarbonyl (C=S) groups is 1. The standard InChI is InChI=1S/C19H19N5OS/c1-12(2)10-21-19(26)24-17-9-8-15-18(23-17)22-16(11-20-15)13-4-6-14(25-3)7-5-13/h4-9,11H,1,10H2,2-3H3,(H2,21,22,23,24,26). The quantitative estimate of drug-likeness (QED) is 0.529. The van der Waals surface area contributed by atoms with Crippen LogP contribution < -0.4 is 15.4 Å². The van der Waals surface area contributed by atoms with E-state index in [4.69, 9.17) is 17.0 Å². The molecule has 2 heterocycles. The minimum absolute atomic E-state index is 0.485. The van der Waals surface area contributed by atoms with E-state index in [1.807, 2.05) is 43.3 Å². The molecule has 0 aliphatic carbocycles. The van der Waals surface area contributed by atoms with Crippen molar-refractivity contribution in [1.29, 1.82) is 0 Å². The molecule has 0 saturated heterocycles. The molecule has 1 aromatic carbocycles. The molecule has 2 N–H and O–H groups in total. The fourth-order valence-electron chi connectivity index (χ4n) is 2.26. The van der Waals surface area contributed by atoms with Gasteiger partial charge >= 0.3 is 0 Å². The number of hydrogen-bond acceptors (Lipinski definition) is 5. The first-order chi connectivity index (χ1) is 12.5. The van der Waals surface area contributed by atoms with Crippen molar-refractivity contribution in [2.45, 2.75) is 6.92 Å². The summed E-state index contributed by atoms with van der Waals surface area (Å²) < 4.78 is 5.18. The second kappa shape index (κ2) is 7.88. The molecule has 26 heavy (non-hydrogen) atoms.